The van der Waals surface area contributed by atoms with Gasteiger partial charge in [0.1, 0.15) is 11.2 Å². The predicted octanol–water partition coefficient (Wildman–Crippen LogP) is 11.6. The fourth-order valence-corrected chi connectivity index (χ4v) is 6.57. The molecule has 0 aliphatic heterocycles. The van der Waals surface area contributed by atoms with Gasteiger partial charge in [-0.25, -0.2) is 15.0 Å². The van der Waals surface area contributed by atoms with Crippen molar-refractivity contribution < 1.29 is 4.42 Å². The van der Waals surface area contributed by atoms with Gasteiger partial charge in [0.15, 0.2) is 17.5 Å². The minimum Gasteiger partial charge on any atom is -0.455 e. The normalized spacial score (nSPS) is 11.4. The largest absolute Gasteiger partial charge is 0.455 e. The van der Waals surface area contributed by atoms with Gasteiger partial charge in [0.2, 0.25) is 0 Å². The van der Waals surface area contributed by atoms with E-state index in [4.69, 9.17) is 19.4 Å². The van der Waals surface area contributed by atoms with Crippen LogP contribution in [0.5, 0.6) is 0 Å². The van der Waals surface area contributed by atoms with E-state index in [1.54, 1.807) is 0 Å². The molecule has 226 valence electrons. The average Bonchev–Trinajstić information content (AvgIpc) is 3.53. The molecule has 4 nitrogen and oxygen atoms in total. The van der Waals surface area contributed by atoms with Gasteiger partial charge in [0, 0.05) is 33.0 Å². The molecule has 48 heavy (non-hydrogen) atoms. The maximum Gasteiger partial charge on any atom is 0.164 e. The Morgan fingerprint density at radius 3 is 1.67 bits per heavy atom. The van der Waals surface area contributed by atoms with Crippen molar-refractivity contribution >= 4 is 32.7 Å². The first kappa shape index (κ1) is 27.9. The van der Waals surface area contributed by atoms with Crippen molar-refractivity contribution in [1.29, 1.82) is 0 Å². The fourth-order valence-electron chi connectivity index (χ4n) is 6.57. The highest BCUT2D eigenvalue weighted by molar-refractivity contribution is 6.10. The number of benzene rings is 7. The molecule has 0 N–H and O–H groups in total. The second-order valence-electron chi connectivity index (χ2n) is 12.1. The summed E-state index contributed by atoms with van der Waals surface area (Å²) in [5.41, 5.74) is 10.3. The lowest BCUT2D eigenvalue weighted by atomic mass is 9.96. The molecule has 0 radical (unpaired) electrons. The van der Waals surface area contributed by atoms with Crippen molar-refractivity contribution in [3.8, 4) is 56.4 Å². The summed E-state index contributed by atoms with van der Waals surface area (Å²) in [4.78, 5) is 15.1. The Morgan fingerprint density at radius 1 is 0.396 bits per heavy atom. The zero-order valence-corrected chi connectivity index (χ0v) is 26.3. The van der Waals surface area contributed by atoms with Crippen molar-refractivity contribution in [3.63, 3.8) is 0 Å². The molecule has 0 spiro atoms. The van der Waals surface area contributed by atoms with Crippen LogP contribution in [0.15, 0.2) is 162 Å². The van der Waals surface area contributed by atoms with Crippen LogP contribution in [0.4, 0.5) is 0 Å². The summed E-state index contributed by atoms with van der Waals surface area (Å²) in [6.45, 7) is 2.13. The summed E-state index contributed by atoms with van der Waals surface area (Å²) >= 11 is 0. The number of hydrogen-bond acceptors (Lipinski definition) is 4. The highest BCUT2D eigenvalue weighted by Crippen LogP contribution is 2.38. The highest BCUT2D eigenvalue weighted by atomic mass is 16.3. The molecule has 0 atom stereocenters. The van der Waals surface area contributed by atoms with E-state index in [0.717, 1.165) is 66.3 Å². The minimum atomic E-state index is 0.625. The lowest BCUT2D eigenvalue weighted by Crippen LogP contribution is -2.00. The molecule has 0 aliphatic carbocycles. The summed E-state index contributed by atoms with van der Waals surface area (Å²) in [6, 6.07) is 54.5. The Hall–Kier alpha value is -6.39. The first-order valence-corrected chi connectivity index (χ1v) is 16.1. The first-order valence-electron chi connectivity index (χ1n) is 16.1. The van der Waals surface area contributed by atoms with Gasteiger partial charge in [-0.15, -0.1) is 0 Å². The standard InChI is InChI=1S/C44H29N3O/c1-28-15-26-38-37-13-7-8-14-39(37)48-41(38)40(28)32-19-23-34(24-20-32)43-45-42(33-21-16-31(17-22-33)29-9-3-2-4-10-29)46-44(47-43)36-25-18-30-11-5-6-12-35(30)27-36/h2-27H,1H3. The van der Waals surface area contributed by atoms with Gasteiger partial charge in [-0.3, -0.25) is 0 Å². The van der Waals surface area contributed by atoms with E-state index in [2.05, 4.69) is 146 Å². The Kier molecular flexibility index (Phi) is 6.65. The molecule has 2 aromatic heterocycles. The fraction of sp³-hybridized carbons (Fsp3) is 0.0227. The molecule has 0 amide bonds. The van der Waals surface area contributed by atoms with Gasteiger partial charge >= 0.3 is 0 Å². The molecular formula is C44H29N3O. The van der Waals surface area contributed by atoms with E-state index in [9.17, 15) is 0 Å². The molecule has 0 unspecified atom stereocenters. The number of furan rings is 1. The van der Waals surface area contributed by atoms with Gasteiger partial charge in [0.25, 0.3) is 0 Å². The number of aromatic nitrogens is 3. The quantitative estimate of drug-likeness (QED) is 0.193. The molecule has 0 saturated heterocycles. The maximum absolute atomic E-state index is 6.40. The Bertz CT molecular complexity index is 2600. The molecular weight excluding hydrogens is 587 g/mol. The van der Waals surface area contributed by atoms with Crippen LogP contribution < -0.4 is 0 Å². The van der Waals surface area contributed by atoms with Crippen LogP contribution in [0, 0.1) is 6.92 Å². The number of nitrogens with zero attached hydrogens (tertiary/aromatic N) is 3. The minimum absolute atomic E-state index is 0.625. The maximum atomic E-state index is 6.40. The van der Waals surface area contributed by atoms with Gasteiger partial charge < -0.3 is 4.42 Å². The molecule has 4 heteroatoms. The number of aryl methyl sites for hydroxylation is 1. The number of rotatable bonds is 5. The molecule has 9 rings (SSSR count). The van der Waals surface area contributed by atoms with E-state index in [1.165, 1.54) is 10.9 Å². The molecule has 0 aliphatic rings. The molecule has 7 aromatic carbocycles. The van der Waals surface area contributed by atoms with Crippen LogP contribution in [0.25, 0.3) is 89.1 Å². The third-order valence-electron chi connectivity index (χ3n) is 9.08. The Morgan fingerprint density at radius 2 is 0.938 bits per heavy atom. The van der Waals surface area contributed by atoms with E-state index in [1.807, 2.05) is 18.2 Å². The summed E-state index contributed by atoms with van der Waals surface area (Å²) in [5, 5.41) is 4.57. The second-order valence-corrected chi connectivity index (χ2v) is 12.1. The van der Waals surface area contributed by atoms with Crippen molar-refractivity contribution in [2.45, 2.75) is 6.92 Å². The summed E-state index contributed by atoms with van der Waals surface area (Å²) in [5.74, 6) is 1.90. The number of para-hydroxylation sites is 1. The van der Waals surface area contributed by atoms with Crippen LogP contribution >= 0.6 is 0 Å². The first-order chi connectivity index (χ1) is 23.7. The molecule has 0 fully saturated rings. The predicted molar refractivity (Wildman–Crippen MR) is 197 cm³/mol. The Balaban J connectivity index is 1.15. The van der Waals surface area contributed by atoms with Crippen LogP contribution in [0.2, 0.25) is 0 Å². The lowest BCUT2D eigenvalue weighted by molar-refractivity contribution is 0.669. The summed E-state index contributed by atoms with van der Waals surface area (Å²) in [7, 11) is 0. The molecule has 9 aromatic rings. The van der Waals surface area contributed by atoms with Crippen LogP contribution in [0.3, 0.4) is 0 Å². The molecule has 0 saturated carbocycles. The van der Waals surface area contributed by atoms with E-state index >= 15 is 0 Å². The van der Waals surface area contributed by atoms with Crippen LogP contribution in [-0.4, -0.2) is 15.0 Å². The summed E-state index contributed by atoms with van der Waals surface area (Å²) in [6.07, 6.45) is 0. The SMILES string of the molecule is Cc1ccc2c(oc3ccccc32)c1-c1ccc(-c2nc(-c3ccc(-c4ccccc4)cc3)nc(-c3ccc4ccccc4c3)n2)cc1. The average molecular weight is 616 g/mol. The van der Waals surface area contributed by atoms with Crippen molar-refractivity contribution in [1.82, 2.24) is 15.0 Å². The van der Waals surface area contributed by atoms with Gasteiger partial charge in [-0.2, -0.15) is 0 Å². The van der Waals surface area contributed by atoms with Gasteiger partial charge in [-0.1, -0.05) is 146 Å². The lowest BCUT2D eigenvalue weighted by Gasteiger charge is -2.11. The van der Waals surface area contributed by atoms with Gasteiger partial charge in [-0.05, 0) is 52.1 Å². The zero-order chi connectivity index (χ0) is 32.0. The van der Waals surface area contributed by atoms with Crippen LogP contribution in [-0.2, 0) is 0 Å². The highest BCUT2D eigenvalue weighted by Gasteiger charge is 2.17. The Labute approximate surface area is 278 Å². The van der Waals surface area contributed by atoms with Gasteiger partial charge in [0.05, 0.1) is 0 Å². The number of hydrogen-bond donors (Lipinski definition) is 0. The topological polar surface area (TPSA) is 51.8 Å². The van der Waals surface area contributed by atoms with E-state index < -0.39 is 0 Å². The van der Waals surface area contributed by atoms with Crippen molar-refractivity contribution in [2.24, 2.45) is 0 Å². The monoisotopic (exact) mass is 615 g/mol. The molecule has 2 heterocycles. The smallest absolute Gasteiger partial charge is 0.164 e. The molecule has 0 bridgehead atoms. The third kappa shape index (κ3) is 4.91. The second kappa shape index (κ2) is 11.4. The van der Waals surface area contributed by atoms with E-state index in [0.29, 0.717) is 17.5 Å². The number of fused-ring (bicyclic) bond motifs is 4. The van der Waals surface area contributed by atoms with Crippen molar-refractivity contribution in [3.05, 3.63) is 163 Å². The zero-order valence-electron chi connectivity index (χ0n) is 26.3. The van der Waals surface area contributed by atoms with Crippen LogP contribution in [0.1, 0.15) is 5.56 Å². The van der Waals surface area contributed by atoms with Crippen molar-refractivity contribution in [2.75, 3.05) is 0 Å². The van der Waals surface area contributed by atoms with E-state index in [-0.39, 0.29) is 0 Å². The third-order valence-corrected chi connectivity index (χ3v) is 9.08. The summed E-state index contributed by atoms with van der Waals surface area (Å²) < 4.78 is 6.40.